The van der Waals surface area contributed by atoms with Crippen molar-refractivity contribution in [3.05, 3.63) is 159 Å². The standard InChI is InChI=1S/C36H31N3O4S/c1-2-42-35(41)30-29(26-18-20-28(21-19-26)43-22-24-12-6-3-7-13-24)31-33(37-32(30)27-16-10-5-11-17-27)38-36(39-34(31)40)44-23-25-14-8-4-9-15-25/h3-21,29H,2,22-23H2,1H3,(H2,37,38,39,40). The van der Waals surface area contributed by atoms with Crippen LogP contribution in [0.2, 0.25) is 0 Å². The maximum Gasteiger partial charge on any atom is 0.337 e. The second kappa shape index (κ2) is 13.5. The number of hydrogen-bond acceptors (Lipinski definition) is 7. The van der Waals surface area contributed by atoms with Crippen LogP contribution in [-0.4, -0.2) is 22.5 Å². The summed E-state index contributed by atoms with van der Waals surface area (Å²) in [5.74, 6) is 0.502. The van der Waals surface area contributed by atoms with Gasteiger partial charge in [0.2, 0.25) is 0 Å². The van der Waals surface area contributed by atoms with Crippen LogP contribution in [0.5, 0.6) is 5.75 Å². The number of aromatic nitrogens is 2. The number of esters is 1. The average molecular weight is 602 g/mol. The molecule has 4 aromatic carbocycles. The predicted molar refractivity (Wildman–Crippen MR) is 174 cm³/mol. The van der Waals surface area contributed by atoms with Gasteiger partial charge in [0.05, 0.1) is 29.4 Å². The zero-order chi connectivity index (χ0) is 30.3. The van der Waals surface area contributed by atoms with E-state index >= 15 is 0 Å². The zero-order valence-corrected chi connectivity index (χ0v) is 25.0. The van der Waals surface area contributed by atoms with Crippen molar-refractivity contribution in [3.8, 4) is 5.75 Å². The quantitative estimate of drug-likeness (QED) is 0.0996. The molecule has 2 N–H and O–H groups in total. The minimum Gasteiger partial charge on any atom is -0.489 e. The predicted octanol–water partition coefficient (Wildman–Crippen LogP) is 7.17. The summed E-state index contributed by atoms with van der Waals surface area (Å²) >= 11 is 1.44. The van der Waals surface area contributed by atoms with Gasteiger partial charge in [0.1, 0.15) is 18.2 Å². The molecule has 5 aromatic rings. The number of nitrogens with one attached hydrogen (secondary N) is 2. The lowest BCUT2D eigenvalue weighted by molar-refractivity contribution is -0.138. The fourth-order valence-corrected chi connectivity index (χ4v) is 6.00. The van der Waals surface area contributed by atoms with E-state index in [0.717, 1.165) is 22.3 Å². The minimum atomic E-state index is -0.729. The molecule has 1 aliphatic heterocycles. The van der Waals surface area contributed by atoms with E-state index in [2.05, 4.69) is 10.3 Å². The highest BCUT2D eigenvalue weighted by atomic mass is 32.2. The van der Waals surface area contributed by atoms with Crippen LogP contribution in [0.25, 0.3) is 5.70 Å². The Labute approximate surface area is 260 Å². The molecule has 0 saturated carbocycles. The topological polar surface area (TPSA) is 93.3 Å². The molecule has 8 heteroatoms. The fourth-order valence-electron chi connectivity index (χ4n) is 5.19. The van der Waals surface area contributed by atoms with Crippen LogP contribution in [0.4, 0.5) is 5.82 Å². The summed E-state index contributed by atoms with van der Waals surface area (Å²) in [6.07, 6.45) is 0. The summed E-state index contributed by atoms with van der Waals surface area (Å²) < 4.78 is 11.6. The van der Waals surface area contributed by atoms with E-state index in [4.69, 9.17) is 14.5 Å². The molecular formula is C36H31N3O4S. The Hall–Kier alpha value is -5.08. The van der Waals surface area contributed by atoms with Crippen molar-refractivity contribution in [1.29, 1.82) is 0 Å². The summed E-state index contributed by atoms with van der Waals surface area (Å²) in [4.78, 5) is 35.3. The lowest BCUT2D eigenvalue weighted by Gasteiger charge is -2.30. The van der Waals surface area contributed by atoms with Crippen molar-refractivity contribution < 1.29 is 14.3 Å². The van der Waals surface area contributed by atoms with Crippen LogP contribution in [0.1, 0.15) is 40.7 Å². The van der Waals surface area contributed by atoms with E-state index in [1.54, 1.807) is 6.92 Å². The molecule has 1 aliphatic rings. The second-order valence-corrected chi connectivity index (χ2v) is 11.1. The molecule has 0 bridgehead atoms. The van der Waals surface area contributed by atoms with Crippen LogP contribution >= 0.6 is 11.8 Å². The van der Waals surface area contributed by atoms with Crippen LogP contribution in [-0.2, 0) is 21.9 Å². The van der Waals surface area contributed by atoms with Crippen LogP contribution in [0.15, 0.2) is 131 Å². The smallest absolute Gasteiger partial charge is 0.337 e. The van der Waals surface area contributed by atoms with Gasteiger partial charge >= 0.3 is 5.97 Å². The van der Waals surface area contributed by atoms with Gasteiger partial charge in [-0.1, -0.05) is 115 Å². The van der Waals surface area contributed by atoms with Crippen molar-refractivity contribution in [2.75, 3.05) is 11.9 Å². The molecule has 44 heavy (non-hydrogen) atoms. The van der Waals surface area contributed by atoms with Crippen LogP contribution in [0, 0.1) is 0 Å². The van der Waals surface area contributed by atoms with Gasteiger partial charge in [-0.3, -0.25) is 4.79 Å². The van der Waals surface area contributed by atoms with E-state index in [-0.39, 0.29) is 12.2 Å². The number of anilines is 1. The molecule has 6 rings (SSSR count). The molecular weight excluding hydrogens is 570 g/mol. The van der Waals surface area contributed by atoms with Gasteiger partial charge in [-0.05, 0) is 41.3 Å². The maximum absolute atomic E-state index is 13.8. The van der Waals surface area contributed by atoms with Gasteiger partial charge in [-0.2, -0.15) is 0 Å². The number of ether oxygens (including phenoxy) is 2. The molecule has 0 radical (unpaired) electrons. The fraction of sp³-hybridized carbons (Fsp3) is 0.139. The van der Waals surface area contributed by atoms with Crippen LogP contribution < -0.4 is 15.6 Å². The van der Waals surface area contributed by atoms with Crippen molar-refractivity contribution in [1.82, 2.24) is 9.97 Å². The lowest BCUT2D eigenvalue weighted by Crippen LogP contribution is -2.31. The van der Waals surface area contributed by atoms with Crippen molar-refractivity contribution in [2.24, 2.45) is 0 Å². The monoisotopic (exact) mass is 601 g/mol. The second-order valence-electron chi connectivity index (χ2n) is 10.2. The number of carbonyl (C=O) groups is 1. The highest BCUT2D eigenvalue weighted by Crippen LogP contribution is 2.43. The number of hydrogen-bond donors (Lipinski definition) is 2. The first-order valence-corrected chi connectivity index (χ1v) is 15.4. The average Bonchev–Trinajstić information content (AvgIpc) is 3.07. The Balaban J connectivity index is 1.42. The first-order valence-electron chi connectivity index (χ1n) is 14.4. The SMILES string of the molecule is CCOC(=O)C1=C(c2ccccc2)Nc2nc(SCc3ccccc3)[nH]c(=O)c2C1c1ccc(OCc2ccccc2)cc1. The highest BCUT2D eigenvalue weighted by Gasteiger charge is 2.38. The summed E-state index contributed by atoms with van der Waals surface area (Å²) in [5, 5.41) is 3.83. The number of nitrogens with zero attached hydrogens (tertiary/aromatic N) is 1. The molecule has 7 nitrogen and oxygen atoms in total. The van der Waals surface area contributed by atoms with Gasteiger partial charge in [-0.15, -0.1) is 0 Å². The molecule has 220 valence electrons. The molecule has 0 spiro atoms. The summed E-state index contributed by atoms with van der Waals surface area (Å²) in [6.45, 7) is 2.39. The Morgan fingerprint density at radius 3 is 2.14 bits per heavy atom. The van der Waals surface area contributed by atoms with E-state index < -0.39 is 11.9 Å². The van der Waals surface area contributed by atoms with Gasteiger partial charge < -0.3 is 19.8 Å². The normalized spacial score (nSPS) is 14.0. The van der Waals surface area contributed by atoms with Gasteiger partial charge in [0.15, 0.2) is 5.16 Å². The number of rotatable bonds is 10. The lowest BCUT2D eigenvalue weighted by atomic mass is 9.81. The Kier molecular flexibility index (Phi) is 8.89. The maximum atomic E-state index is 13.8. The summed E-state index contributed by atoms with van der Waals surface area (Å²) in [6, 6.07) is 37.0. The molecule has 0 saturated heterocycles. The van der Waals surface area contributed by atoms with E-state index in [0.29, 0.717) is 45.9 Å². The highest BCUT2D eigenvalue weighted by molar-refractivity contribution is 7.98. The van der Waals surface area contributed by atoms with Crippen LogP contribution in [0.3, 0.4) is 0 Å². The summed E-state index contributed by atoms with van der Waals surface area (Å²) in [5.41, 5.74) is 4.65. The number of fused-ring (bicyclic) bond motifs is 1. The molecule has 2 heterocycles. The Morgan fingerprint density at radius 2 is 1.48 bits per heavy atom. The first kappa shape index (κ1) is 29.0. The summed E-state index contributed by atoms with van der Waals surface area (Å²) in [7, 11) is 0. The number of carbonyl (C=O) groups excluding carboxylic acids is 1. The van der Waals surface area contributed by atoms with E-state index in [1.165, 1.54) is 11.8 Å². The van der Waals surface area contributed by atoms with Gasteiger partial charge in [0.25, 0.3) is 5.56 Å². The minimum absolute atomic E-state index is 0.194. The molecule has 1 aromatic heterocycles. The van der Waals surface area contributed by atoms with Crippen molar-refractivity contribution in [2.45, 2.75) is 30.4 Å². The third kappa shape index (κ3) is 6.45. The first-order chi connectivity index (χ1) is 21.6. The number of benzene rings is 4. The zero-order valence-electron chi connectivity index (χ0n) is 24.2. The molecule has 0 aliphatic carbocycles. The van der Waals surface area contributed by atoms with Gasteiger partial charge in [-0.25, -0.2) is 9.78 Å². The number of thioether (sulfide) groups is 1. The third-order valence-corrected chi connectivity index (χ3v) is 8.21. The van der Waals surface area contributed by atoms with Gasteiger partial charge in [0, 0.05) is 5.75 Å². The van der Waals surface area contributed by atoms with E-state index in [1.807, 2.05) is 115 Å². The Morgan fingerprint density at radius 1 is 0.841 bits per heavy atom. The van der Waals surface area contributed by atoms with Crippen molar-refractivity contribution in [3.63, 3.8) is 0 Å². The largest absolute Gasteiger partial charge is 0.489 e. The third-order valence-electron chi connectivity index (χ3n) is 7.26. The number of H-pyrrole nitrogens is 1. The molecule has 0 fully saturated rings. The molecule has 1 atom stereocenters. The Bertz CT molecular complexity index is 1820. The van der Waals surface area contributed by atoms with E-state index in [9.17, 15) is 9.59 Å². The molecule has 1 unspecified atom stereocenters. The number of aromatic amines is 1. The molecule has 0 amide bonds. The van der Waals surface area contributed by atoms with Crippen molar-refractivity contribution >= 4 is 29.2 Å².